The molecular formula is C20H23N3O2. The van der Waals surface area contributed by atoms with Crippen LogP contribution in [0, 0.1) is 12.8 Å². The van der Waals surface area contributed by atoms with Crippen molar-refractivity contribution in [3.05, 3.63) is 64.1 Å². The third-order valence-corrected chi connectivity index (χ3v) is 5.52. The number of benzene rings is 1. The zero-order chi connectivity index (χ0) is 17.4. The van der Waals surface area contributed by atoms with Gasteiger partial charge in [0.1, 0.15) is 0 Å². The summed E-state index contributed by atoms with van der Waals surface area (Å²) in [5.74, 6) is 0.484. The number of carbonyl (C=O) groups is 1. The highest BCUT2D eigenvalue weighted by Gasteiger charge is 2.34. The molecule has 0 aliphatic carbocycles. The van der Waals surface area contributed by atoms with Crippen molar-refractivity contribution in [1.29, 1.82) is 0 Å². The first-order valence-electron chi connectivity index (χ1n) is 8.94. The van der Waals surface area contributed by atoms with Crippen molar-refractivity contribution < 1.29 is 4.79 Å². The molecule has 2 bridgehead atoms. The minimum absolute atomic E-state index is 0.0962. The average Bonchev–Trinajstić information content (AvgIpc) is 2.64. The van der Waals surface area contributed by atoms with Crippen LogP contribution >= 0.6 is 0 Å². The van der Waals surface area contributed by atoms with E-state index in [1.54, 1.807) is 16.8 Å². The van der Waals surface area contributed by atoms with Gasteiger partial charge in [-0.15, -0.1) is 0 Å². The fourth-order valence-corrected chi connectivity index (χ4v) is 4.02. The molecule has 3 fully saturated rings. The number of aryl methyl sites for hydroxylation is 1. The maximum Gasteiger partial charge on any atom is 0.255 e. The molecule has 4 heterocycles. The molecular weight excluding hydrogens is 314 g/mol. The van der Waals surface area contributed by atoms with Crippen LogP contribution in [0.3, 0.4) is 0 Å². The Morgan fingerprint density at radius 2 is 1.88 bits per heavy atom. The van der Waals surface area contributed by atoms with Gasteiger partial charge >= 0.3 is 0 Å². The summed E-state index contributed by atoms with van der Waals surface area (Å²) in [7, 11) is 0. The van der Waals surface area contributed by atoms with Crippen molar-refractivity contribution in [2.24, 2.45) is 5.92 Å². The molecule has 1 N–H and O–H groups in total. The number of nitrogens with zero attached hydrogens (tertiary/aromatic N) is 2. The van der Waals surface area contributed by atoms with Gasteiger partial charge in [0.05, 0.1) is 11.3 Å². The third-order valence-electron chi connectivity index (χ3n) is 5.52. The first-order valence-corrected chi connectivity index (χ1v) is 8.94. The van der Waals surface area contributed by atoms with Crippen molar-refractivity contribution in [2.75, 3.05) is 19.6 Å². The fourth-order valence-electron chi connectivity index (χ4n) is 4.02. The zero-order valence-electron chi connectivity index (χ0n) is 14.4. The average molecular weight is 337 g/mol. The van der Waals surface area contributed by atoms with E-state index >= 15 is 0 Å². The Kier molecular flexibility index (Phi) is 4.17. The van der Waals surface area contributed by atoms with E-state index in [0.29, 0.717) is 11.5 Å². The standard InChI is InChI=1S/C20H23N3O2/c1-14-4-2-3-5-18(14)23-12-16(6-7-19(23)24)20(25)21-17-13-22-10-8-15(17)9-11-22/h2-7,12,15,17H,8-11,13H2,1H3,(H,21,25). The number of fused-ring (bicyclic) bond motifs is 3. The molecule has 5 rings (SSSR count). The SMILES string of the molecule is Cc1ccccc1-n1cc(C(=O)NC2CN3CCC2CC3)ccc1=O. The maximum absolute atomic E-state index is 12.7. The molecule has 1 aromatic heterocycles. The van der Waals surface area contributed by atoms with Gasteiger partial charge in [-0.25, -0.2) is 0 Å². The molecule has 3 aliphatic rings. The number of pyridine rings is 1. The predicted octanol–water partition coefficient (Wildman–Crippen LogP) is 1.97. The van der Waals surface area contributed by atoms with Crippen molar-refractivity contribution in [3.63, 3.8) is 0 Å². The summed E-state index contributed by atoms with van der Waals surface area (Å²) >= 11 is 0. The summed E-state index contributed by atoms with van der Waals surface area (Å²) < 4.78 is 1.56. The Bertz CT molecular complexity index is 850. The topological polar surface area (TPSA) is 54.3 Å². The van der Waals surface area contributed by atoms with Gasteiger partial charge in [0.25, 0.3) is 11.5 Å². The lowest BCUT2D eigenvalue weighted by Crippen LogP contribution is -2.57. The highest BCUT2D eigenvalue weighted by molar-refractivity contribution is 5.94. The molecule has 5 heteroatoms. The van der Waals surface area contributed by atoms with Crippen LogP contribution in [0.1, 0.15) is 28.8 Å². The first kappa shape index (κ1) is 16.1. The number of hydrogen-bond acceptors (Lipinski definition) is 3. The number of aromatic nitrogens is 1. The number of rotatable bonds is 3. The molecule has 1 amide bonds. The summed E-state index contributed by atoms with van der Waals surface area (Å²) in [6.45, 7) is 5.19. The maximum atomic E-state index is 12.7. The normalized spacial score (nSPS) is 24.9. The van der Waals surface area contributed by atoms with Gasteiger partial charge < -0.3 is 10.2 Å². The van der Waals surface area contributed by atoms with Crippen molar-refractivity contribution in [2.45, 2.75) is 25.8 Å². The molecule has 0 radical (unpaired) electrons. The Hall–Kier alpha value is -2.40. The van der Waals surface area contributed by atoms with Crippen LogP contribution in [0.25, 0.3) is 5.69 Å². The molecule has 0 saturated carbocycles. The van der Waals surface area contributed by atoms with E-state index in [9.17, 15) is 9.59 Å². The lowest BCUT2D eigenvalue weighted by atomic mass is 9.84. The highest BCUT2D eigenvalue weighted by atomic mass is 16.2. The van der Waals surface area contributed by atoms with Crippen LogP contribution in [-0.2, 0) is 0 Å². The molecule has 2 aromatic rings. The van der Waals surface area contributed by atoms with Crippen LogP contribution in [-0.4, -0.2) is 41.1 Å². The predicted molar refractivity (Wildman–Crippen MR) is 97.2 cm³/mol. The molecule has 3 aliphatic heterocycles. The zero-order valence-corrected chi connectivity index (χ0v) is 14.4. The van der Waals surface area contributed by atoms with Gasteiger partial charge in [-0.3, -0.25) is 14.2 Å². The van der Waals surface area contributed by atoms with Crippen LogP contribution in [0.5, 0.6) is 0 Å². The van der Waals surface area contributed by atoms with E-state index in [4.69, 9.17) is 0 Å². The first-order chi connectivity index (χ1) is 12.1. The monoisotopic (exact) mass is 337 g/mol. The number of nitrogens with one attached hydrogen (secondary N) is 1. The Morgan fingerprint density at radius 1 is 1.12 bits per heavy atom. The van der Waals surface area contributed by atoms with Crippen LogP contribution in [0.15, 0.2) is 47.4 Å². The Balaban J connectivity index is 1.59. The summed E-state index contributed by atoms with van der Waals surface area (Å²) in [6.07, 6.45) is 3.97. The number of hydrogen-bond donors (Lipinski definition) is 1. The largest absolute Gasteiger partial charge is 0.348 e. The van der Waals surface area contributed by atoms with Gasteiger partial charge in [-0.05, 0) is 56.5 Å². The fraction of sp³-hybridized carbons (Fsp3) is 0.400. The second-order valence-corrected chi connectivity index (χ2v) is 7.13. The van der Waals surface area contributed by atoms with Gasteiger partial charge in [0, 0.05) is 24.8 Å². The highest BCUT2D eigenvalue weighted by Crippen LogP contribution is 2.27. The summed E-state index contributed by atoms with van der Waals surface area (Å²) in [5.41, 5.74) is 2.21. The smallest absolute Gasteiger partial charge is 0.255 e. The van der Waals surface area contributed by atoms with E-state index in [2.05, 4.69) is 10.2 Å². The molecule has 25 heavy (non-hydrogen) atoms. The minimum Gasteiger partial charge on any atom is -0.348 e. The molecule has 1 atom stereocenters. The van der Waals surface area contributed by atoms with E-state index in [1.165, 1.54) is 6.07 Å². The second-order valence-electron chi connectivity index (χ2n) is 7.13. The van der Waals surface area contributed by atoms with E-state index < -0.39 is 0 Å². The molecule has 130 valence electrons. The second kappa shape index (κ2) is 6.48. The van der Waals surface area contributed by atoms with Crippen molar-refractivity contribution >= 4 is 5.91 Å². The Labute approximate surface area is 147 Å². The minimum atomic E-state index is -0.131. The Morgan fingerprint density at radius 3 is 2.56 bits per heavy atom. The van der Waals surface area contributed by atoms with Crippen molar-refractivity contribution in [3.8, 4) is 5.69 Å². The quantitative estimate of drug-likeness (QED) is 0.932. The van der Waals surface area contributed by atoms with E-state index in [-0.39, 0.29) is 17.5 Å². The number of piperidine rings is 3. The van der Waals surface area contributed by atoms with Crippen LogP contribution < -0.4 is 10.9 Å². The molecule has 0 spiro atoms. The van der Waals surface area contributed by atoms with Gasteiger partial charge in [0.15, 0.2) is 0 Å². The number of amides is 1. The molecule has 1 unspecified atom stereocenters. The van der Waals surface area contributed by atoms with E-state index in [1.807, 2.05) is 31.2 Å². The lowest BCUT2D eigenvalue weighted by molar-refractivity contribution is 0.0620. The summed E-state index contributed by atoms with van der Waals surface area (Å²) in [5, 5.41) is 3.18. The van der Waals surface area contributed by atoms with Crippen LogP contribution in [0.4, 0.5) is 0 Å². The molecule has 3 saturated heterocycles. The van der Waals surface area contributed by atoms with E-state index in [0.717, 1.165) is 43.7 Å². The van der Waals surface area contributed by atoms with Gasteiger partial charge in [-0.2, -0.15) is 0 Å². The van der Waals surface area contributed by atoms with Crippen LogP contribution in [0.2, 0.25) is 0 Å². The summed E-state index contributed by atoms with van der Waals surface area (Å²) in [6, 6.07) is 11.0. The molecule has 5 nitrogen and oxygen atoms in total. The van der Waals surface area contributed by atoms with Gasteiger partial charge in [0.2, 0.25) is 0 Å². The lowest BCUT2D eigenvalue weighted by Gasteiger charge is -2.44. The summed E-state index contributed by atoms with van der Waals surface area (Å²) in [4.78, 5) is 27.4. The molecule has 1 aromatic carbocycles. The third kappa shape index (κ3) is 3.12. The number of carbonyl (C=O) groups excluding carboxylic acids is 1. The van der Waals surface area contributed by atoms with Gasteiger partial charge in [-0.1, -0.05) is 18.2 Å². The number of para-hydroxylation sites is 1. The van der Waals surface area contributed by atoms with Crippen molar-refractivity contribution in [1.82, 2.24) is 14.8 Å².